The summed E-state index contributed by atoms with van der Waals surface area (Å²) in [7, 11) is 0. The van der Waals surface area contributed by atoms with E-state index < -0.39 is 6.10 Å². The van der Waals surface area contributed by atoms with E-state index in [1.54, 1.807) is 0 Å². The molecule has 1 fully saturated rings. The van der Waals surface area contributed by atoms with E-state index in [0.29, 0.717) is 25.7 Å². The van der Waals surface area contributed by atoms with Crippen molar-refractivity contribution in [3.8, 4) is 11.5 Å². The third kappa shape index (κ3) is 2.91. The maximum absolute atomic E-state index is 10.5. The maximum Gasteiger partial charge on any atom is 0.161 e. The number of aliphatic hydroxyl groups is 1. The fourth-order valence-electron chi connectivity index (χ4n) is 2.74. The highest BCUT2D eigenvalue weighted by atomic mass is 16.5. The second-order valence-electron chi connectivity index (χ2n) is 5.86. The minimum Gasteiger partial charge on any atom is -0.489 e. The molecule has 4 heteroatoms. The summed E-state index contributed by atoms with van der Waals surface area (Å²) in [6.07, 6.45) is 1.53. The largest absolute Gasteiger partial charge is 0.489 e. The van der Waals surface area contributed by atoms with Gasteiger partial charge in [-0.25, -0.2) is 0 Å². The number of hydrogen-bond acceptors (Lipinski definition) is 4. The second-order valence-corrected chi connectivity index (χ2v) is 5.86. The number of benzene rings is 1. The number of rotatable bonds is 2. The molecule has 1 aromatic rings. The van der Waals surface area contributed by atoms with Gasteiger partial charge in [-0.3, -0.25) is 0 Å². The van der Waals surface area contributed by atoms with E-state index in [2.05, 4.69) is 6.92 Å². The van der Waals surface area contributed by atoms with Gasteiger partial charge in [0.1, 0.15) is 0 Å². The third-order valence-corrected chi connectivity index (χ3v) is 4.00. The summed E-state index contributed by atoms with van der Waals surface area (Å²) in [6.45, 7) is 4.86. The van der Waals surface area contributed by atoms with E-state index in [1.165, 1.54) is 0 Å². The van der Waals surface area contributed by atoms with Crippen LogP contribution in [0.4, 0.5) is 0 Å². The Bertz CT molecular complexity index is 454. The van der Waals surface area contributed by atoms with Gasteiger partial charge in [-0.15, -0.1) is 0 Å². The maximum atomic E-state index is 10.5. The Balaban J connectivity index is 1.77. The Morgan fingerprint density at radius 3 is 2.70 bits per heavy atom. The molecule has 110 valence electrons. The minimum atomic E-state index is -0.495. The van der Waals surface area contributed by atoms with Gasteiger partial charge in [-0.1, -0.05) is 13.0 Å². The molecule has 0 bridgehead atoms. The van der Waals surface area contributed by atoms with Gasteiger partial charge in [0.25, 0.3) is 0 Å². The molecule has 0 aliphatic carbocycles. The molecule has 1 aromatic carbocycles. The van der Waals surface area contributed by atoms with E-state index in [1.807, 2.05) is 18.2 Å². The summed E-state index contributed by atoms with van der Waals surface area (Å²) in [6, 6.07) is 5.74. The van der Waals surface area contributed by atoms with Crippen molar-refractivity contribution in [1.82, 2.24) is 0 Å². The molecule has 0 saturated carbocycles. The lowest BCUT2D eigenvalue weighted by molar-refractivity contribution is -0.0100. The predicted molar refractivity (Wildman–Crippen MR) is 75.1 cm³/mol. The first-order chi connectivity index (χ1) is 9.74. The smallest absolute Gasteiger partial charge is 0.161 e. The molecule has 1 saturated heterocycles. The lowest BCUT2D eigenvalue weighted by Crippen LogP contribution is -2.23. The minimum absolute atomic E-state index is 0.174. The molecule has 4 nitrogen and oxygen atoms in total. The number of hydrogen-bond donors (Lipinski definition) is 1. The number of fused-ring (bicyclic) bond motifs is 1. The SMILES string of the molecule is CC1COc2ccc(C(O)C3CCCOC3)cc2OC1. The zero-order valence-corrected chi connectivity index (χ0v) is 11.9. The highest BCUT2D eigenvalue weighted by molar-refractivity contribution is 5.44. The zero-order chi connectivity index (χ0) is 13.9. The van der Waals surface area contributed by atoms with Crippen LogP contribution in [0.1, 0.15) is 31.4 Å². The zero-order valence-electron chi connectivity index (χ0n) is 11.9. The summed E-state index contributed by atoms with van der Waals surface area (Å²) in [5.41, 5.74) is 0.886. The first kappa shape index (κ1) is 13.7. The molecule has 2 aliphatic rings. The van der Waals surface area contributed by atoms with Gasteiger partial charge in [-0.05, 0) is 30.5 Å². The van der Waals surface area contributed by atoms with Gasteiger partial charge in [-0.2, -0.15) is 0 Å². The van der Waals surface area contributed by atoms with Crippen LogP contribution < -0.4 is 9.47 Å². The van der Waals surface area contributed by atoms with Crippen LogP contribution in [0.15, 0.2) is 18.2 Å². The van der Waals surface area contributed by atoms with E-state index in [-0.39, 0.29) is 5.92 Å². The molecule has 20 heavy (non-hydrogen) atoms. The molecular weight excluding hydrogens is 256 g/mol. The fourth-order valence-corrected chi connectivity index (χ4v) is 2.74. The van der Waals surface area contributed by atoms with Crippen molar-refractivity contribution in [3.63, 3.8) is 0 Å². The summed E-state index contributed by atoms with van der Waals surface area (Å²) in [5.74, 6) is 2.06. The van der Waals surface area contributed by atoms with Gasteiger partial charge < -0.3 is 19.3 Å². The summed E-state index contributed by atoms with van der Waals surface area (Å²) >= 11 is 0. The topological polar surface area (TPSA) is 47.9 Å². The Labute approximate surface area is 119 Å². The molecule has 2 heterocycles. The molecular formula is C16H22O4. The van der Waals surface area contributed by atoms with Crippen LogP contribution in [-0.2, 0) is 4.74 Å². The summed E-state index contributed by atoms with van der Waals surface area (Å²) in [4.78, 5) is 0. The van der Waals surface area contributed by atoms with E-state index in [9.17, 15) is 5.11 Å². The third-order valence-electron chi connectivity index (χ3n) is 4.00. The van der Waals surface area contributed by atoms with Crippen LogP contribution in [0.2, 0.25) is 0 Å². The Hall–Kier alpha value is -1.26. The molecule has 3 rings (SSSR count). The van der Waals surface area contributed by atoms with Crippen molar-refractivity contribution in [2.24, 2.45) is 11.8 Å². The predicted octanol–water partition coefficient (Wildman–Crippen LogP) is 2.55. The average Bonchev–Trinajstić information content (AvgIpc) is 2.69. The van der Waals surface area contributed by atoms with Crippen molar-refractivity contribution < 1.29 is 19.3 Å². The molecule has 0 spiro atoms. The van der Waals surface area contributed by atoms with Gasteiger partial charge in [0.15, 0.2) is 11.5 Å². The second kappa shape index (κ2) is 6.02. The molecule has 1 N–H and O–H groups in total. The Morgan fingerprint density at radius 2 is 1.95 bits per heavy atom. The average molecular weight is 278 g/mol. The highest BCUT2D eigenvalue weighted by Gasteiger charge is 2.25. The van der Waals surface area contributed by atoms with Gasteiger partial charge >= 0.3 is 0 Å². The first-order valence-corrected chi connectivity index (χ1v) is 7.39. The van der Waals surface area contributed by atoms with Crippen molar-refractivity contribution in [2.75, 3.05) is 26.4 Å². The molecule has 2 aliphatic heterocycles. The molecule has 3 atom stereocenters. The van der Waals surface area contributed by atoms with E-state index in [4.69, 9.17) is 14.2 Å². The van der Waals surface area contributed by atoms with Gasteiger partial charge in [0.2, 0.25) is 0 Å². The molecule has 0 amide bonds. The molecule has 3 unspecified atom stereocenters. The van der Waals surface area contributed by atoms with Crippen LogP contribution in [0.25, 0.3) is 0 Å². The van der Waals surface area contributed by atoms with Gasteiger partial charge in [0, 0.05) is 18.4 Å². The first-order valence-electron chi connectivity index (χ1n) is 7.39. The standard InChI is InChI=1S/C16H22O4/c1-11-8-19-14-5-4-12(7-15(14)20-9-11)16(17)13-3-2-6-18-10-13/h4-5,7,11,13,16-17H,2-3,6,8-10H2,1H3. The van der Waals surface area contributed by atoms with Crippen LogP contribution in [0.5, 0.6) is 11.5 Å². The van der Waals surface area contributed by atoms with Crippen molar-refractivity contribution in [3.05, 3.63) is 23.8 Å². The number of ether oxygens (including phenoxy) is 3. The lowest BCUT2D eigenvalue weighted by atomic mass is 9.91. The van der Waals surface area contributed by atoms with E-state index >= 15 is 0 Å². The number of aliphatic hydroxyl groups excluding tert-OH is 1. The van der Waals surface area contributed by atoms with Crippen LogP contribution in [0.3, 0.4) is 0 Å². The Morgan fingerprint density at radius 1 is 1.15 bits per heavy atom. The van der Waals surface area contributed by atoms with Crippen molar-refractivity contribution in [2.45, 2.75) is 25.9 Å². The normalized spacial score (nSPS) is 27.7. The van der Waals surface area contributed by atoms with Gasteiger partial charge in [0.05, 0.1) is 25.9 Å². The fraction of sp³-hybridized carbons (Fsp3) is 0.625. The molecule has 0 aromatic heterocycles. The highest BCUT2D eigenvalue weighted by Crippen LogP contribution is 2.36. The van der Waals surface area contributed by atoms with Crippen LogP contribution in [-0.4, -0.2) is 31.5 Å². The van der Waals surface area contributed by atoms with Crippen LogP contribution in [0, 0.1) is 11.8 Å². The van der Waals surface area contributed by atoms with E-state index in [0.717, 1.165) is 36.5 Å². The van der Waals surface area contributed by atoms with Crippen LogP contribution >= 0.6 is 0 Å². The lowest BCUT2D eigenvalue weighted by Gasteiger charge is -2.27. The summed E-state index contributed by atoms with van der Waals surface area (Å²) in [5, 5.41) is 10.5. The monoisotopic (exact) mass is 278 g/mol. The Kier molecular flexibility index (Phi) is 4.13. The summed E-state index contributed by atoms with van der Waals surface area (Å²) < 4.78 is 16.9. The van der Waals surface area contributed by atoms with Crippen molar-refractivity contribution >= 4 is 0 Å². The molecule has 0 radical (unpaired) electrons. The van der Waals surface area contributed by atoms with Crippen molar-refractivity contribution in [1.29, 1.82) is 0 Å². The quantitative estimate of drug-likeness (QED) is 0.903.